The van der Waals surface area contributed by atoms with Gasteiger partial charge in [-0.2, -0.15) is 0 Å². The minimum atomic E-state index is 0.0162. The van der Waals surface area contributed by atoms with E-state index in [4.69, 9.17) is 27.5 Å². The lowest BCUT2D eigenvalue weighted by atomic mass is 10.2. The van der Waals surface area contributed by atoms with Gasteiger partial charge in [-0.1, -0.05) is 11.6 Å². The molecule has 5 heteroatoms. The molecular weight excluding hydrogens is 262 g/mol. The molecule has 0 saturated carbocycles. The van der Waals surface area contributed by atoms with Crippen LogP contribution in [0.5, 0.6) is 5.75 Å². The molecule has 104 valence electrons. The van der Waals surface area contributed by atoms with E-state index in [2.05, 4.69) is 4.90 Å². The van der Waals surface area contributed by atoms with Crippen molar-refractivity contribution in [3.63, 3.8) is 0 Å². The number of amidine groups is 1. The maximum Gasteiger partial charge on any atom is 0.137 e. The van der Waals surface area contributed by atoms with E-state index >= 15 is 0 Å². The van der Waals surface area contributed by atoms with Gasteiger partial charge in [-0.25, -0.2) is 0 Å². The first-order valence-electron chi connectivity index (χ1n) is 6.66. The minimum Gasteiger partial charge on any atom is -0.492 e. The average molecular weight is 282 g/mol. The molecule has 0 amide bonds. The lowest BCUT2D eigenvalue weighted by molar-refractivity contribution is 0.263. The molecule has 1 fully saturated rings. The normalized spacial score (nSPS) is 15.6. The van der Waals surface area contributed by atoms with Gasteiger partial charge in [0.1, 0.15) is 11.6 Å². The Kier molecular flexibility index (Phi) is 5.05. The molecule has 0 unspecified atom stereocenters. The van der Waals surface area contributed by atoms with Crippen molar-refractivity contribution in [3.05, 3.63) is 28.8 Å². The molecule has 1 aliphatic heterocycles. The predicted octanol–water partition coefficient (Wildman–Crippen LogP) is 2.49. The maximum atomic E-state index is 7.34. The molecule has 1 saturated heterocycles. The minimum absolute atomic E-state index is 0.0162. The van der Waals surface area contributed by atoms with Crippen molar-refractivity contribution in [1.29, 1.82) is 5.41 Å². The van der Waals surface area contributed by atoms with Crippen molar-refractivity contribution in [1.82, 2.24) is 4.90 Å². The molecule has 0 bridgehead atoms. The number of nitrogen functional groups attached to an aromatic ring is 1. The maximum absolute atomic E-state index is 7.34. The SMILES string of the molecule is N=C(N)c1ccc(OCCCN2CCCC2)c(Cl)c1. The molecule has 0 spiro atoms. The van der Waals surface area contributed by atoms with Gasteiger partial charge in [-0.3, -0.25) is 5.41 Å². The first-order chi connectivity index (χ1) is 9.16. The summed E-state index contributed by atoms with van der Waals surface area (Å²) >= 11 is 6.09. The summed E-state index contributed by atoms with van der Waals surface area (Å²) in [5, 5.41) is 7.85. The van der Waals surface area contributed by atoms with Gasteiger partial charge in [0.2, 0.25) is 0 Å². The van der Waals surface area contributed by atoms with E-state index in [1.165, 1.54) is 25.9 Å². The fraction of sp³-hybridized carbons (Fsp3) is 0.500. The molecule has 1 aromatic carbocycles. The summed E-state index contributed by atoms with van der Waals surface area (Å²) in [6.07, 6.45) is 3.64. The smallest absolute Gasteiger partial charge is 0.137 e. The van der Waals surface area contributed by atoms with Crippen molar-refractivity contribution in [3.8, 4) is 5.75 Å². The van der Waals surface area contributed by atoms with Crippen LogP contribution >= 0.6 is 11.6 Å². The monoisotopic (exact) mass is 281 g/mol. The van der Waals surface area contributed by atoms with Crippen LogP contribution in [-0.2, 0) is 0 Å². The summed E-state index contributed by atoms with van der Waals surface area (Å²) in [6.45, 7) is 4.18. The highest BCUT2D eigenvalue weighted by molar-refractivity contribution is 6.32. The van der Waals surface area contributed by atoms with Crippen LogP contribution in [0, 0.1) is 5.41 Å². The molecule has 1 heterocycles. The number of nitrogens with two attached hydrogens (primary N) is 1. The van der Waals surface area contributed by atoms with E-state index in [1.807, 2.05) is 0 Å². The molecule has 0 radical (unpaired) electrons. The first-order valence-corrected chi connectivity index (χ1v) is 7.04. The Morgan fingerprint density at radius 3 is 2.74 bits per heavy atom. The topological polar surface area (TPSA) is 62.3 Å². The number of halogens is 1. The van der Waals surface area contributed by atoms with E-state index in [-0.39, 0.29) is 5.84 Å². The van der Waals surface area contributed by atoms with E-state index in [1.54, 1.807) is 18.2 Å². The van der Waals surface area contributed by atoms with Crippen molar-refractivity contribution in [2.75, 3.05) is 26.2 Å². The Hall–Kier alpha value is -1.26. The van der Waals surface area contributed by atoms with Gasteiger partial charge in [-0.15, -0.1) is 0 Å². The van der Waals surface area contributed by atoms with Crippen LogP contribution < -0.4 is 10.5 Å². The fourth-order valence-corrected chi connectivity index (χ4v) is 2.50. The van der Waals surface area contributed by atoms with Crippen LogP contribution in [0.25, 0.3) is 0 Å². The second-order valence-electron chi connectivity index (χ2n) is 4.81. The number of nitrogens with zero attached hydrogens (tertiary/aromatic N) is 1. The van der Waals surface area contributed by atoms with Crippen LogP contribution in [0.15, 0.2) is 18.2 Å². The van der Waals surface area contributed by atoms with Crippen molar-refractivity contribution in [2.24, 2.45) is 5.73 Å². The molecule has 0 atom stereocenters. The molecule has 0 aromatic heterocycles. The summed E-state index contributed by atoms with van der Waals surface area (Å²) in [5.74, 6) is 0.676. The quantitative estimate of drug-likeness (QED) is 0.478. The second-order valence-corrected chi connectivity index (χ2v) is 5.22. The van der Waals surface area contributed by atoms with Gasteiger partial charge in [0.15, 0.2) is 0 Å². The summed E-state index contributed by atoms with van der Waals surface area (Å²) in [7, 11) is 0. The Labute approximate surface area is 119 Å². The number of rotatable bonds is 6. The van der Waals surface area contributed by atoms with Crippen LogP contribution in [0.3, 0.4) is 0 Å². The van der Waals surface area contributed by atoms with Crippen molar-refractivity contribution >= 4 is 17.4 Å². The average Bonchev–Trinajstić information content (AvgIpc) is 2.89. The Balaban J connectivity index is 1.77. The molecule has 1 aromatic rings. The van der Waals surface area contributed by atoms with Gasteiger partial charge in [-0.05, 0) is 50.6 Å². The van der Waals surface area contributed by atoms with Gasteiger partial charge < -0.3 is 15.4 Å². The molecule has 4 nitrogen and oxygen atoms in total. The van der Waals surface area contributed by atoms with Crippen LogP contribution in [0.2, 0.25) is 5.02 Å². The number of hydrogen-bond acceptors (Lipinski definition) is 3. The van der Waals surface area contributed by atoms with E-state index in [0.29, 0.717) is 22.9 Å². The fourth-order valence-electron chi connectivity index (χ4n) is 2.26. The third-order valence-corrected chi connectivity index (χ3v) is 3.61. The summed E-state index contributed by atoms with van der Waals surface area (Å²) in [5.41, 5.74) is 6.02. The van der Waals surface area contributed by atoms with Crippen LogP contribution in [0.1, 0.15) is 24.8 Å². The van der Waals surface area contributed by atoms with Gasteiger partial charge >= 0.3 is 0 Å². The van der Waals surface area contributed by atoms with Crippen LogP contribution in [-0.4, -0.2) is 37.0 Å². The zero-order valence-corrected chi connectivity index (χ0v) is 11.7. The predicted molar refractivity (Wildman–Crippen MR) is 78.3 cm³/mol. The van der Waals surface area contributed by atoms with Gasteiger partial charge in [0, 0.05) is 12.1 Å². The zero-order chi connectivity index (χ0) is 13.7. The summed E-state index contributed by atoms with van der Waals surface area (Å²) < 4.78 is 5.66. The number of hydrogen-bond donors (Lipinski definition) is 2. The highest BCUT2D eigenvalue weighted by Gasteiger charge is 2.10. The third kappa shape index (κ3) is 4.11. The second kappa shape index (κ2) is 6.78. The number of likely N-dealkylation sites (tertiary alicyclic amines) is 1. The van der Waals surface area contributed by atoms with E-state index in [9.17, 15) is 0 Å². The van der Waals surface area contributed by atoms with Gasteiger partial charge in [0.25, 0.3) is 0 Å². The number of nitrogens with one attached hydrogen (secondary N) is 1. The van der Waals surface area contributed by atoms with Gasteiger partial charge in [0.05, 0.1) is 11.6 Å². The van der Waals surface area contributed by atoms with Crippen LogP contribution in [0.4, 0.5) is 0 Å². The third-order valence-electron chi connectivity index (χ3n) is 3.32. The van der Waals surface area contributed by atoms with E-state index < -0.39 is 0 Å². The van der Waals surface area contributed by atoms with Crippen molar-refractivity contribution in [2.45, 2.75) is 19.3 Å². The summed E-state index contributed by atoms with van der Waals surface area (Å²) in [6, 6.07) is 5.19. The lowest BCUT2D eigenvalue weighted by Gasteiger charge is -2.15. The van der Waals surface area contributed by atoms with E-state index in [0.717, 1.165) is 13.0 Å². The lowest BCUT2D eigenvalue weighted by Crippen LogP contribution is -2.21. The first kappa shape index (κ1) is 14.2. The molecule has 0 aliphatic carbocycles. The van der Waals surface area contributed by atoms with Crippen molar-refractivity contribution < 1.29 is 4.74 Å². The highest BCUT2D eigenvalue weighted by Crippen LogP contribution is 2.25. The Morgan fingerprint density at radius 1 is 1.37 bits per heavy atom. The number of ether oxygens (including phenoxy) is 1. The molecular formula is C14H20ClN3O. The Bertz CT molecular complexity index is 444. The largest absolute Gasteiger partial charge is 0.492 e. The molecule has 3 N–H and O–H groups in total. The molecule has 19 heavy (non-hydrogen) atoms. The zero-order valence-electron chi connectivity index (χ0n) is 11.0. The molecule has 1 aliphatic rings. The summed E-state index contributed by atoms with van der Waals surface area (Å²) in [4.78, 5) is 2.46. The Morgan fingerprint density at radius 2 is 2.11 bits per heavy atom. The number of benzene rings is 1. The highest BCUT2D eigenvalue weighted by atomic mass is 35.5. The standard InChI is InChI=1S/C14H20ClN3O/c15-12-10-11(14(16)17)4-5-13(12)19-9-3-8-18-6-1-2-7-18/h4-5,10H,1-3,6-9H2,(H3,16,17). The molecule has 2 rings (SSSR count).